The number of rotatable bonds is 5. The molecule has 2 rings (SSSR count). The van der Waals surface area contributed by atoms with E-state index in [0.29, 0.717) is 11.4 Å². The van der Waals surface area contributed by atoms with Crippen molar-refractivity contribution >= 4 is 22.5 Å². The second-order valence-electron chi connectivity index (χ2n) is 5.27. The van der Waals surface area contributed by atoms with Crippen LogP contribution in [0.15, 0.2) is 30.3 Å². The van der Waals surface area contributed by atoms with Gasteiger partial charge in [0.1, 0.15) is 5.69 Å². The first-order valence-electron chi connectivity index (χ1n) is 7.22. The predicted octanol–water partition coefficient (Wildman–Crippen LogP) is 2.78. The summed E-state index contributed by atoms with van der Waals surface area (Å²) in [5.41, 5.74) is 4.52. The van der Waals surface area contributed by atoms with Crippen LogP contribution in [0.3, 0.4) is 0 Å². The Bertz CT molecular complexity index is 641. The first-order chi connectivity index (χ1) is 10.1. The summed E-state index contributed by atoms with van der Waals surface area (Å²) in [5, 5.41) is 0.904. The molecule has 0 bridgehead atoms. The van der Waals surface area contributed by atoms with E-state index < -0.39 is 0 Å². The molecule has 1 heterocycles. The molecule has 0 aliphatic carbocycles. The van der Waals surface area contributed by atoms with Crippen molar-refractivity contribution in [1.82, 2.24) is 9.88 Å². The Morgan fingerprint density at radius 1 is 1.43 bits per heavy atom. The van der Waals surface area contributed by atoms with Gasteiger partial charge in [0.25, 0.3) is 5.91 Å². The number of hydrogen-bond acceptors (Lipinski definition) is 4. The molecule has 0 radical (unpaired) electrons. The van der Waals surface area contributed by atoms with E-state index in [1.807, 2.05) is 38.2 Å². The zero-order valence-electron chi connectivity index (χ0n) is 12.8. The third-order valence-electron chi connectivity index (χ3n) is 3.78. The molecule has 0 aliphatic rings. The quantitative estimate of drug-likeness (QED) is 0.655. The van der Waals surface area contributed by atoms with Crippen molar-refractivity contribution in [3.63, 3.8) is 0 Å². The number of hydrazine groups is 1. The van der Waals surface area contributed by atoms with Gasteiger partial charge in [0, 0.05) is 18.5 Å². The standard InChI is InChI=1S/C16H22N4O/c1-4-7-11(2)20(3)16(21)15-10-14(19-17)12-8-5-6-9-13(12)18-15/h5-6,8-11H,4,7,17H2,1-3H3,(H,18,19). The van der Waals surface area contributed by atoms with Gasteiger partial charge in [0.2, 0.25) is 0 Å². The maximum absolute atomic E-state index is 12.6. The number of nitrogen functional groups attached to an aromatic ring is 1. The number of anilines is 1. The van der Waals surface area contributed by atoms with Crippen LogP contribution in [0.25, 0.3) is 10.9 Å². The van der Waals surface area contributed by atoms with Crippen LogP contribution in [0, 0.1) is 0 Å². The number of aromatic nitrogens is 1. The Balaban J connectivity index is 2.40. The summed E-state index contributed by atoms with van der Waals surface area (Å²) in [7, 11) is 1.81. The molecule has 21 heavy (non-hydrogen) atoms. The molecule has 1 atom stereocenters. The number of carbonyl (C=O) groups excluding carboxylic acids is 1. The fraction of sp³-hybridized carbons (Fsp3) is 0.375. The van der Waals surface area contributed by atoms with Gasteiger partial charge in [-0.3, -0.25) is 10.6 Å². The fourth-order valence-corrected chi connectivity index (χ4v) is 2.40. The molecule has 112 valence electrons. The number of nitrogens with zero attached hydrogens (tertiary/aromatic N) is 2. The molecule has 1 aromatic carbocycles. The van der Waals surface area contributed by atoms with Crippen LogP contribution in [0.2, 0.25) is 0 Å². The Morgan fingerprint density at radius 2 is 2.14 bits per heavy atom. The molecule has 5 nitrogen and oxygen atoms in total. The van der Waals surface area contributed by atoms with Crippen LogP contribution in [0.5, 0.6) is 0 Å². The molecule has 0 fully saturated rings. The smallest absolute Gasteiger partial charge is 0.272 e. The lowest BCUT2D eigenvalue weighted by molar-refractivity contribution is 0.0731. The van der Waals surface area contributed by atoms with Gasteiger partial charge in [-0.1, -0.05) is 31.5 Å². The van der Waals surface area contributed by atoms with Crippen LogP contribution in [0.4, 0.5) is 5.69 Å². The second-order valence-corrected chi connectivity index (χ2v) is 5.27. The minimum Gasteiger partial charge on any atom is -0.338 e. The number of hydrogen-bond donors (Lipinski definition) is 2. The first-order valence-corrected chi connectivity index (χ1v) is 7.22. The first kappa shape index (κ1) is 15.3. The summed E-state index contributed by atoms with van der Waals surface area (Å²) in [6.07, 6.45) is 2.01. The minimum atomic E-state index is -0.0850. The molecule has 0 saturated heterocycles. The summed E-state index contributed by atoms with van der Waals surface area (Å²) in [6.45, 7) is 4.16. The number of fused-ring (bicyclic) bond motifs is 1. The molecule has 3 N–H and O–H groups in total. The molecular formula is C16H22N4O. The minimum absolute atomic E-state index is 0.0850. The summed E-state index contributed by atoms with van der Waals surface area (Å²) in [4.78, 5) is 18.8. The zero-order valence-corrected chi connectivity index (χ0v) is 12.8. The van der Waals surface area contributed by atoms with Gasteiger partial charge in [0.05, 0.1) is 11.2 Å². The van der Waals surface area contributed by atoms with Gasteiger partial charge >= 0.3 is 0 Å². The monoisotopic (exact) mass is 286 g/mol. The third-order valence-corrected chi connectivity index (χ3v) is 3.78. The van der Waals surface area contributed by atoms with Gasteiger partial charge in [-0.05, 0) is 25.5 Å². The lowest BCUT2D eigenvalue weighted by Crippen LogP contribution is -2.35. The lowest BCUT2D eigenvalue weighted by Gasteiger charge is -2.24. The molecular weight excluding hydrogens is 264 g/mol. The average molecular weight is 286 g/mol. The van der Waals surface area contributed by atoms with Crippen LogP contribution in [0.1, 0.15) is 37.2 Å². The molecule has 0 aliphatic heterocycles. The zero-order chi connectivity index (χ0) is 15.4. The van der Waals surface area contributed by atoms with Crippen molar-refractivity contribution in [2.24, 2.45) is 5.84 Å². The number of nitrogens with two attached hydrogens (primary N) is 1. The van der Waals surface area contributed by atoms with E-state index in [4.69, 9.17) is 5.84 Å². The van der Waals surface area contributed by atoms with Crippen molar-refractivity contribution in [2.75, 3.05) is 12.5 Å². The van der Waals surface area contributed by atoms with Crippen LogP contribution < -0.4 is 11.3 Å². The van der Waals surface area contributed by atoms with E-state index in [1.165, 1.54) is 0 Å². The highest BCUT2D eigenvalue weighted by Crippen LogP contribution is 2.23. The van der Waals surface area contributed by atoms with E-state index in [1.54, 1.807) is 11.0 Å². The van der Waals surface area contributed by atoms with Crippen molar-refractivity contribution in [3.8, 4) is 0 Å². The number of pyridine rings is 1. The molecule has 0 spiro atoms. The van der Waals surface area contributed by atoms with E-state index in [9.17, 15) is 4.79 Å². The Hall–Kier alpha value is -2.14. The number of nitrogens with one attached hydrogen (secondary N) is 1. The van der Waals surface area contributed by atoms with Gasteiger partial charge in [-0.15, -0.1) is 0 Å². The molecule has 0 saturated carbocycles. The maximum atomic E-state index is 12.6. The predicted molar refractivity (Wildman–Crippen MR) is 86.0 cm³/mol. The summed E-state index contributed by atoms with van der Waals surface area (Å²) in [6, 6.07) is 9.51. The summed E-state index contributed by atoms with van der Waals surface area (Å²) >= 11 is 0. The van der Waals surface area contributed by atoms with E-state index in [2.05, 4.69) is 17.3 Å². The Labute approximate surface area is 125 Å². The lowest BCUT2D eigenvalue weighted by atomic mass is 10.1. The molecule has 1 aromatic heterocycles. The molecule has 1 amide bonds. The van der Waals surface area contributed by atoms with E-state index in [-0.39, 0.29) is 11.9 Å². The summed E-state index contributed by atoms with van der Waals surface area (Å²) < 4.78 is 0. The van der Waals surface area contributed by atoms with Crippen LogP contribution >= 0.6 is 0 Å². The van der Waals surface area contributed by atoms with Crippen molar-refractivity contribution < 1.29 is 4.79 Å². The Kier molecular flexibility index (Phi) is 4.75. The molecule has 5 heteroatoms. The van der Waals surface area contributed by atoms with Gasteiger partial charge in [-0.25, -0.2) is 4.98 Å². The fourth-order valence-electron chi connectivity index (χ4n) is 2.40. The van der Waals surface area contributed by atoms with Crippen LogP contribution in [-0.2, 0) is 0 Å². The van der Waals surface area contributed by atoms with Crippen molar-refractivity contribution in [1.29, 1.82) is 0 Å². The van der Waals surface area contributed by atoms with Gasteiger partial charge < -0.3 is 10.3 Å². The van der Waals surface area contributed by atoms with E-state index >= 15 is 0 Å². The van der Waals surface area contributed by atoms with E-state index in [0.717, 1.165) is 23.7 Å². The van der Waals surface area contributed by atoms with Crippen molar-refractivity contribution in [3.05, 3.63) is 36.0 Å². The summed E-state index contributed by atoms with van der Waals surface area (Å²) in [5.74, 6) is 5.48. The largest absolute Gasteiger partial charge is 0.338 e. The number of para-hydroxylation sites is 1. The number of benzene rings is 1. The molecule has 2 aromatic rings. The highest BCUT2D eigenvalue weighted by atomic mass is 16.2. The topological polar surface area (TPSA) is 71.2 Å². The van der Waals surface area contributed by atoms with Crippen LogP contribution in [-0.4, -0.2) is 28.9 Å². The third kappa shape index (κ3) is 3.13. The molecule has 1 unspecified atom stereocenters. The highest BCUT2D eigenvalue weighted by molar-refractivity contribution is 5.99. The van der Waals surface area contributed by atoms with Gasteiger partial charge in [0.15, 0.2) is 0 Å². The SMILES string of the molecule is CCCC(C)N(C)C(=O)c1cc(NN)c2ccccc2n1. The van der Waals surface area contributed by atoms with Crippen molar-refractivity contribution in [2.45, 2.75) is 32.7 Å². The average Bonchev–Trinajstić information content (AvgIpc) is 2.52. The Morgan fingerprint density at radius 3 is 2.81 bits per heavy atom. The second kappa shape index (κ2) is 6.54. The number of carbonyl (C=O) groups is 1. The normalized spacial score (nSPS) is 12.2. The van der Waals surface area contributed by atoms with Gasteiger partial charge in [-0.2, -0.15) is 0 Å². The maximum Gasteiger partial charge on any atom is 0.272 e. The number of amides is 1. The highest BCUT2D eigenvalue weighted by Gasteiger charge is 2.19.